The van der Waals surface area contributed by atoms with E-state index in [4.69, 9.17) is 4.52 Å². The summed E-state index contributed by atoms with van der Waals surface area (Å²) in [6.45, 7) is 8.61. The highest BCUT2D eigenvalue weighted by atomic mass is 32.2. The molecular weight excluding hydrogens is 266 g/mol. The van der Waals surface area contributed by atoms with Gasteiger partial charge in [0.2, 0.25) is 5.89 Å². The van der Waals surface area contributed by atoms with Crippen LogP contribution in [0.25, 0.3) is 0 Å². The molecule has 0 aromatic carbocycles. The van der Waals surface area contributed by atoms with Gasteiger partial charge in [-0.2, -0.15) is 4.98 Å². The maximum Gasteiger partial charge on any atom is 0.231 e. The second-order valence-electron chi connectivity index (χ2n) is 4.99. The van der Waals surface area contributed by atoms with Crippen molar-refractivity contribution in [3.05, 3.63) is 11.7 Å². The van der Waals surface area contributed by atoms with Crippen LogP contribution in [-0.2, 0) is 9.84 Å². The Morgan fingerprint density at radius 3 is 2.47 bits per heavy atom. The van der Waals surface area contributed by atoms with Crippen molar-refractivity contribution in [3.63, 3.8) is 0 Å². The normalized spacial score (nSPS) is 17.1. The molecule has 0 amide bonds. The molecule has 3 atom stereocenters. The van der Waals surface area contributed by atoms with Crippen LogP contribution < -0.4 is 5.32 Å². The van der Waals surface area contributed by atoms with E-state index >= 15 is 0 Å². The van der Waals surface area contributed by atoms with Gasteiger partial charge in [0.25, 0.3) is 0 Å². The molecule has 6 nitrogen and oxygen atoms in total. The number of hydrogen-bond donors (Lipinski definition) is 1. The minimum Gasteiger partial charge on any atom is -0.339 e. The van der Waals surface area contributed by atoms with Crippen molar-refractivity contribution in [2.24, 2.45) is 0 Å². The van der Waals surface area contributed by atoms with Gasteiger partial charge < -0.3 is 9.84 Å². The van der Waals surface area contributed by atoms with Gasteiger partial charge in [-0.05, 0) is 26.8 Å². The molecule has 110 valence electrons. The van der Waals surface area contributed by atoms with Crippen molar-refractivity contribution in [1.29, 1.82) is 0 Å². The fourth-order valence-electron chi connectivity index (χ4n) is 1.55. The van der Waals surface area contributed by atoms with Gasteiger partial charge in [0.05, 0.1) is 5.92 Å². The van der Waals surface area contributed by atoms with Crippen LogP contribution in [0.2, 0.25) is 0 Å². The molecule has 0 radical (unpaired) electrons. The van der Waals surface area contributed by atoms with Crippen molar-refractivity contribution in [2.75, 3.05) is 12.8 Å². The molecule has 19 heavy (non-hydrogen) atoms. The van der Waals surface area contributed by atoms with E-state index in [1.807, 2.05) is 13.8 Å². The zero-order chi connectivity index (χ0) is 14.6. The molecule has 1 heterocycles. The first-order chi connectivity index (χ1) is 8.77. The Morgan fingerprint density at radius 1 is 1.32 bits per heavy atom. The van der Waals surface area contributed by atoms with Crippen LogP contribution in [0.15, 0.2) is 4.52 Å². The molecule has 0 spiro atoms. The predicted octanol–water partition coefficient (Wildman–Crippen LogP) is 1.67. The van der Waals surface area contributed by atoms with E-state index in [1.165, 1.54) is 6.26 Å². The third-order valence-corrected chi connectivity index (χ3v) is 4.81. The van der Waals surface area contributed by atoms with E-state index in [9.17, 15) is 8.42 Å². The molecule has 0 bridgehead atoms. The molecule has 1 aromatic heterocycles. The molecule has 0 fully saturated rings. The van der Waals surface area contributed by atoms with E-state index in [0.717, 1.165) is 13.0 Å². The molecule has 1 rings (SSSR count). The minimum absolute atomic E-state index is 0.0413. The summed E-state index contributed by atoms with van der Waals surface area (Å²) >= 11 is 0. The number of rotatable bonds is 7. The summed E-state index contributed by atoms with van der Waals surface area (Å²) in [6.07, 6.45) is 2.22. The fourth-order valence-corrected chi connectivity index (χ4v) is 2.03. The zero-order valence-corrected chi connectivity index (χ0v) is 13.0. The highest BCUT2D eigenvalue weighted by molar-refractivity contribution is 7.90. The Hall–Kier alpha value is -0.950. The molecule has 0 saturated heterocycles. The molecule has 1 N–H and O–H groups in total. The van der Waals surface area contributed by atoms with Gasteiger partial charge in [-0.3, -0.25) is 0 Å². The van der Waals surface area contributed by atoms with Crippen LogP contribution in [0.4, 0.5) is 0 Å². The van der Waals surface area contributed by atoms with Gasteiger partial charge in [-0.1, -0.05) is 19.0 Å². The highest BCUT2D eigenvalue weighted by Gasteiger charge is 2.26. The van der Waals surface area contributed by atoms with Gasteiger partial charge >= 0.3 is 0 Å². The molecular formula is C12H23N3O3S. The average molecular weight is 289 g/mol. The lowest BCUT2D eigenvalue weighted by Crippen LogP contribution is -2.31. The average Bonchev–Trinajstić information content (AvgIpc) is 2.82. The van der Waals surface area contributed by atoms with E-state index in [2.05, 4.69) is 22.4 Å². The predicted molar refractivity (Wildman–Crippen MR) is 73.7 cm³/mol. The molecule has 0 aliphatic heterocycles. The first-order valence-electron chi connectivity index (χ1n) is 6.53. The van der Waals surface area contributed by atoms with E-state index < -0.39 is 15.1 Å². The second kappa shape index (κ2) is 6.47. The van der Waals surface area contributed by atoms with Crippen molar-refractivity contribution in [2.45, 2.75) is 51.3 Å². The number of aromatic nitrogens is 2. The smallest absolute Gasteiger partial charge is 0.231 e. The Balaban J connectivity index is 2.79. The molecule has 0 aliphatic carbocycles. The number of sulfone groups is 1. The molecule has 3 unspecified atom stereocenters. The standard InChI is InChI=1S/C12H23N3O3S/c1-6-7-13-9(3)8(2)12-14-11(15-18-12)10(4)19(5,16)17/h8-10,13H,6-7H2,1-5H3. The molecule has 0 aliphatic rings. The summed E-state index contributed by atoms with van der Waals surface area (Å²) in [5.74, 6) is 0.744. The van der Waals surface area contributed by atoms with Crippen LogP contribution in [0.1, 0.15) is 57.0 Å². The minimum atomic E-state index is -3.20. The lowest BCUT2D eigenvalue weighted by atomic mass is 10.0. The van der Waals surface area contributed by atoms with Gasteiger partial charge in [-0.15, -0.1) is 0 Å². The van der Waals surface area contributed by atoms with Crippen molar-refractivity contribution >= 4 is 9.84 Å². The van der Waals surface area contributed by atoms with E-state index in [1.54, 1.807) is 6.92 Å². The van der Waals surface area contributed by atoms with Crippen molar-refractivity contribution in [1.82, 2.24) is 15.5 Å². The van der Waals surface area contributed by atoms with Gasteiger partial charge in [0.1, 0.15) is 5.25 Å². The number of nitrogens with zero attached hydrogens (tertiary/aromatic N) is 2. The monoisotopic (exact) mass is 289 g/mol. The third-order valence-electron chi connectivity index (χ3n) is 3.32. The zero-order valence-electron chi connectivity index (χ0n) is 12.2. The maximum absolute atomic E-state index is 11.5. The highest BCUT2D eigenvalue weighted by Crippen LogP contribution is 2.22. The lowest BCUT2D eigenvalue weighted by Gasteiger charge is -2.17. The largest absolute Gasteiger partial charge is 0.339 e. The summed E-state index contributed by atoms with van der Waals surface area (Å²) in [4.78, 5) is 4.21. The SMILES string of the molecule is CCCNC(C)C(C)c1nc(C(C)S(C)(=O)=O)no1. The van der Waals surface area contributed by atoms with Crippen LogP contribution in [0.5, 0.6) is 0 Å². The maximum atomic E-state index is 11.5. The first kappa shape index (κ1) is 16.1. The van der Waals surface area contributed by atoms with Gasteiger partial charge in [-0.25, -0.2) is 8.42 Å². The summed E-state index contributed by atoms with van der Waals surface area (Å²) in [5, 5.41) is 6.39. The lowest BCUT2D eigenvalue weighted by molar-refractivity contribution is 0.328. The van der Waals surface area contributed by atoms with Crippen molar-refractivity contribution in [3.8, 4) is 0 Å². The van der Waals surface area contributed by atoms with Crippen LogP contribution in [0.3, 0.4) is 0 Å². The van der Waals surface area contributed by atoms with Crippen LogP contribution in [-0.4, -0.2) is 37.4 Å². The van der Waals surface area contributed by atoms with Crippen LogP contribution >= 0.6 is 0 Å². The number of hydrogen-bond acceptors (Lipinski definition) is 6. The molecule has 0 saturated carbocycles. The molecule has 1 aromatic rings. The first-order valence-corrected chi connectivity index (χ1v) is 8.48. The van der Waals surface area contributed by atoms with Crippen LogP contribution in [0, 0.1) is 0 Å². The summed E-state index contributed by atoms with van der Waals surface area (Å²) in [6, 6.07) is 0.196. The Bertz CT molecular complexity index is 498. The van der Waals surface area contributed by atoms with E-state index in [-0.39, 0.29) is 17.8 Å². The number of nitrogens with one attached hydrogen (secondary N) is 1. The van der Waals surface area contributed by atoms with Crippen molar-refractivity contribution < 1.29 is 12.9 Å². The van der Waals surface area contributed by atoms with Gasteiger partial charge in [0, 0.05) is 12.3 Å². The van der Waals surface area contributed by atoms with E-state index in [0.29, 0.717) is 5.89 Å². The van der Waals surface area contributed by atoms with Gasteiger partial charge in [0.15, 0.2) is 15.7 Å². The Morgan fingerprint density at radius 2 is 1.95 bits per heavy atom. The Labute approximate surface area is 114 Å². The Kier molecular flexibility index (Phi) is 5.49. The summed E-state index contributed by atoms with van der Waals surface area (Å²) in [5.41, 5.74) is 0. The fraction of sp³-hybridized carbons (Fsp3) is 0.833. The summed E-state index contributed by atoms with van der Waals surface area (Å²) < 4.78 is 28.1. The summed E-state index contributed by atoms with van der Waals surface area (Å²) in [7, 11) is -3.20. The molecule has 7 heteroatoms. The second-order valence-corrected chi connectivity index (χ2v) is 7.36. The third kappa shape index (κ3) is 4.28. The topological polar surface area (TPSA) is 85.1 Å². The quantitative estimate of drug-likeness (QED) is 0.821.